The number of H-pyrrole nitrogens is 1. The Morgan fingerprint density at radius 3 is 2.57 bits per heavy atom. The van der Waals surface area contributed by atoms with E-state index in [0.29, 0.717) is 16.5 Å². The van der Waals surface area contributed by atoms with Crippen LogP contribution in [0.2, 0.25) is 0 Å². The number of hydrogen-bond acceptors (Lipinski definition) is 3. The number of aromatic nitrogens is 1. The molecular formula is C17H13BrN2O3. The van der Waals surface area contributed by atoms with Crippen molar-refractivity contribution in [2.45, 2.75) is 6.10 Å². The first-order valence-electron chi connectivity index (χ1n) is 6.88. The minimum absolute atomic E-state index is 0.350. The van der Waals surface area contributed by atoms with Gasteiger partial charge in [0.25, 0.3) is 5.91 Å². The average Bonchev–Trinajstić information content (AvgIpc) is 2.96. The van der Waals surface area contributed by atoms with Crippen molar-refractivity contribution in [2.75, 3.05) is 0 Å². The molecule has 6 heteroatoms. The predicted octanol–water partition coefficient (Wildman–Crippen LogP) is 3.31. The maximum absolute atomic E-state index is 12.5. The highest BCUT2D eigenvalue weighted by Gasteiger charge is 2.24. The van der Waals surface area contributed by atoms with E-state index in [4.69, 9.17) is 10.5 Å². The quantitative estimate of drug-likeness (QED) is 0.688. The fraction of sp³-hybridized carbons (Fsp3) is 0.0588. The molecule has 0 saturated carbocycles. The Morgan fingerprint density at radius 1 is 1.13 bits per heavy atom. The summed E-state index contributed by atoms with van der Waals surface area (Å²) in [5.74, 6) is -1.33. The molecule has 116 valence electrons. The van der Waals surface area contributed by atoms with Gasteiger partial charge < -0.3 is 15.5 Å². The van der Waals surface area contributed by atoms with Crippen molar-refractivity contribution in [1.29, 1.82) is 0 Å². The van der Waals surface area contributed by atoms with E-state index in [1.54, 1.807) is 36.5 Å². The van der Waals surface area contributed by atoms with E-state index in [1.807, 2.05) is 18.2 Å². The first-order valence-corrected chi connectivity index (χ1v) is 7.67. The Labute approximate surface area is 140 Å². The van der Waals surface area contributed by atoms with E-state index in [0.717, 1.165) is 9.99 Å². The minimum Gasteiger partial charge on any atom is -0.444 e. The van der Waals surface area contributed by atoms with Crippen molar-refractivity contribution >= 4 is 38.7 Å². The highest BCUT2D eigenvalue weighted by atomic mass is 79.9. The second kappa shape index (κ2) is 6.26. The molecular weight excluding hydrogens is 360 g/mol. The molecule has 5 nitrogen and oxygen atoms in total. The number of carbonyl (C=O) groups excluding carboxylic acids is 2. The fourth-order valence-corrected chi connectivity index (χ4v) is 2.71. The van der Waals surface area contributed by atoms with Crippen molar-refractivity contribution in [1.82, 2.24) is 4.98 Å². The molecule has 1 aromatic heterocycles. The Balaban J connectivity index is 1.92. The van der Waals surface area contributed by atoms with Crippen LogP contribution in [0.15, 0.2) is 59.2 Å². The molecule has 0 radical (unpaired) electrons. The van der Waals surface area contributed by atoms with Gasteiger partial charge in [-0.15, -0.1) is 0 Å². The van der Waals surface area contributed by atoms with Crippen LogP contribution in [0.5, 0.6) is 0 Å². The summed E-state index contributed by atoms with van der Waals surface area (Å²) in [6, 6.07) is 14.2. The topological polar surface area (TPSA) is 85.2 Å². The van der Waals surface area contributed by atoms with Crippen molar-refractivity contribution in [3.63, 3.8) is 0 Å². The zero-order valence-electron chi connectivity index (χ0n) is 12.0. The number of nitrogens with two attached hydrogens (primary N) is 1. The van der Waals surface area contributed by atoms with Gasteiger partial charge in [-0.1, -0.05) is 46.3 Å². The van der Waals surface area contributed by atoms with Gasteiger partial charge in [0.1, 0.15) is 0 Å². The Bertz CT molecular complexity index is 874. The lowest BCUT2D eigenvalue weighted by molar-refractivity contribution is -0.127. The lowest BCUT2D eigenvalue weighted by Crippen LogP contribution is -2.26. The molecule has 1 unspecified atom stereocenters. The van der Waals surface area contributed by atoms with E-state index in [9.17, 15) is 9.59 Å². The molecule has 0 saturated heterocycles. The van der Waals surface area contributed by atoms with E-state index in [2.05, 4.69) is 20.9 Å². The molecule has 0 spiro atoms. The van der Waals surface area contributed by atoms with Gasteiger partial charge in [0.05, 0.1) is 5.56 Å². The van der Waals surface area contributed by atoms with Gasteiger partial charge in [-0.3, -0.25) is 4.79 Å². The van der Waals surface area contributed by atoms with Crippen LogP contribution in [-0.4, -0.2) is 16.9 Å². The predicted molar refractivity (Wildman–Crippen MR) is 89.8 cm³/mol. The number of halogens is 1. The number of aromatic amines is 1. The summed E-state index contributed by atoms with van der Waals surface area (Å²) in [6.45, 7) is 0. The van der Waals surface area contributed by atoms with Crippen LogP contribution in [0, 0.1) is 0 Å². The maximum Gasteiger partial charge on any atom is 0.341 e. The monoisotopic (exact) mass is 372 g/mol. The number of fused-ring (bicyclic) bond motifs is 1. The lowest BCUT2D eigenvalue weighted by atomic mass is 10.1. The van der Waals surface area contributed by atoms with Crippen LogP contribution < -0.4 is 5.73 Å². The zero-order valence-corrected chi connectivity index (χ0v) is 13.5. The van der Waals surface area contributed by atoms with E-state index < -0.39 is 18.0 Å². The van der Waals surface area contributed by atoms with Crippen LogP contribution in [-0.2, 0) is 9.53 Å². The van der Waals surface area contributed by atoms with Crippen LogP contribution in [0.3, 0.4) is 0 Å². The number of benzene rings is 2. The minimum atomic E-state index is -1.12. The van der Waals surface area contributed by atoms with Crippen LogP contribution in [0.1, 0.15) is 22.0 Å². The van der Waals surface area contributed by atoms with Gasteiger partial charge in [0.15, 0.2) is 0 Å². The van der Waals surface area contributed by atoms with E-state index >= 15 is 0 Å². The average molecular weight is 373 g/mol. The highest BCUT2D eigenvalue weighted by Crippen LogP contribution is 2.25. The third kappa shape index (κ3) is 3.12. The van der Waals surface area contributed by atoms with Gasteiger partial charge in [0.2, 0.25) is 6.10 Å². The van der Waals surface area contributed by atoms with Gasteiger partial charge in [0, 0.05) is 27.1 Å². The third-order valence-electron chi connectivity index (χ3n) is 3.45. The van der Waals surface area contributed by atoms with Crippen LogP contribution in [0.25, 0.3) is 10.9 Å². The Kier molecular flexibility index (Phi) is 4.16. The first-order chi connectivity index (χ1) is 11.1. The van der Waals surface area contributed by atoms with Gasteiger partial charge in [-0.05, 0) is 18.2 Å². The van der Waals surface area contributed by atoms with Gasteiger partial charge in [-0.2, -0.15) is 0 Å². The molecule has 3 aromatic rings. The normalized spacial score (nSPS) is 12.0. The summed E-state index contributed by atoms with van der Waals surface area (Å²) in [5.41, 5.74) is 7.06. The number of amides is 1. The number of hydrogen-bond donors (Lipinski definition) is 2. The largest absolute Gasteiger partial charge is 0.444 e. The molecule has 1 amide bonds. The van der Waals surface area contributed by atoms with E-state index in [-0.39, 0.29) is 0 Å². The molecule has 0 aliphatic carbocycles. The summed E-state index contributed by atoms with van der Waals surface area (Å²) >= 11 is 3.37. The third-order valence-corrected chi connectivity index (χ3v) is 3.94. The maximum atomic E-state index is 12.5. The number of primary amides is 1. The highest BCUT2D eigenvalue weighted by molar-refractivity contribution is 9.10. The summed E-state index contributed by atoms with van der Waals surface area (Å²) in [6.07, 6.45) is 0.434. The molecule has 23 heavy (non-hydrogen) atoms. The van der Waals surface area contributed by atoms with Gasteiger partial charge in [-0.25, -0.2) is 4.79 Å². The standard InChI is InChI=1S/C17H13BrN2O3/c18-11-6-7-14-12(8-11)13(9-20-14)17(22)23-15(16(19)21)10-4-2-1-3-5-10/h1-9,15,20H,(H2,19,21). The molecule has 1 atom stereocenters. The fourth-order valence-electron chi connectivity index (χ4n) is 2.35. The van der Waals surface area contributed by atoms with Crippen molar-refractivity contribution in [3.8, 4) is 0 Å². The zero-order chi connectivity index (χ0) is 16.4. The number of esters is 1. The number of rotatable bonds is 4. The number of ether oxygens (including phenoxy) is 1. The Morgan fingerprint density at radius 2 is 1.87 bits per heavy atom. The molecule has 1 heterocycles. The van der Waals surface area contributed by atoms with Crippen molar-refractivity contribution < 1.29 is 14.3 Å². The Hall–Kier alpha value is -2.60. The van der Waals surface area contributed by atoms with Crippen LogP contribution >= 0.6 is 15.9 Å². The van der Waals surface area contributed by atoms with Crippen molar-refractivity contribution in [2.24, 2.45) is 5.73 Å². The molecule has 0 aliphatic heterocycles. The second-order valence-corrected chi connectivity index (χ2v) is 5.91. The van der Waals surface area contributed by atoms with Gasteiger partial charge >= 0.3 is 5.97 Å². The molecule has 0 aliphatic rings. The van der Waals surface area contributed by atoms with Crippen LogP contribution in [0.4, 0.5) is 0 Å². The molecule has 3 N–H and O–H groups in total. The lowest BCUT2D eigenvalue weighted by Gasteiger charge is -2.14. The second-order valence-electron chi connectivity index (χ2n) is 4.99. The number of carbonyl (C=O) groups is 2. The summed E-state index contributed by atoms with van der Waals surface area (Å²) in [7, 11) is 0. The smallest absolute Gasteiger partial charge is 0.341 e. The molecule has 0 bridgehead atoms. The number of nitrogens with one attached hydrogen (secondary N) is 1. The summed E-state index contributed by atoms with van der Waals surface area (Å²) in [5, 5.41) is 0.709. The first kappa shape index (κ1) is 15.3. The SMILES string of the molecule is NC(=O)C(OC(=O)c1c[nH]c2ccc(Br)cc12)c1ccccc1. The van der Waals surface area contributed by atoms with Crippen molar-refractivity contribution in [3.05, 3.63) is 70.3 Å². The molecule has 2 aromatic carbocycles. The molecule has 3 rings (SSSR count). The van der Waals surface area contributed by atoms with E-state index in [1.165, 1.54) is 0 Å². The molecule has 0 fully saturated rings. The summed E-state index contributed by atoms with van der Waals surface area (Å²) in [4.78, 5) is 27.1. The summed E-state index contributed by atoms with van der Waals surface area (Å²) < 4.78 is 6.18.